The molecule has 144 valence electrons. The largest absolute Gasteiger partial charge is 0.387 e. The summed E-state index contributed by atoms with van der Waals surface area (Å²) in [7, 11) is 0. The summed E-state index contributed by atoms with van der Waals surface area (Å²) in [6, 6.07) is 7.25. The van der Waals surface area contributed by atoms with Gasteiger partial charge in [-0.1, -0.05) is 63.5 Å². The summed E-state index contributed by atoms with van der Waals surface area (Å²) in [5.41, 5.74) is 2.49. The molecule has 1 aliphatic carbocycles. The zero-order valence-corrected chi connectivity index (χ0v) is 16.4. The quantitative estimate of drug-likeness (QED) is 0.553. The van der Waals surface area contributed by atoms with Crippen molar-refractivity contribution in [2.24, 2.45) is 5.92 Å². The van der Waals surface area contributed by atoms with Crippen molar-refractivity contribution in [1.29, 1.82) is 0 Å². The molecule has 4 nitrogen and oxygen atoms in total. The number of carbonyl (C=O) groups is 2. The van der Waals surface area contributed by atoms with E-state index in [1.807, 2.05) is 30.3 Å². The van der Waals surface area contributed by atoms with Gasteiger partial charge in [0.25, 0.3) is 5.91 Å². The third-order valence-electron chi connectivity index (χ3n) is 5.46. The molecular weight excluding hydrogens is 336 g/mol. The van der Waals surface area contributed by atoms with Crippen molar-refractivity contribution >= 4 is 11.8 Å². The Morgan fingerprint density at radius 3 is 2.67 bits per heavy atom. The van der Waals surface area contributed by atoms with Crippen LogP contribution in [0.2, 0.25) is 0 Å². The predicted octanol–water partition coefficient (Wildman–Crippen LogP) is 4.23. The Kier molecular flexibility index (Phi) is 6.49. The molecule has 1 N–H and O–H groups in total. The van der Waals surface area contributed by atoms with Gasteiger partial charge in [-0.2, -0.15) is 0 Å². The number of amides is 2. The smallest absolute Gasteiger partial charge is 0.261 e. The number of imide groups is 1. The standard InChI is InChI=1S/C23H30N2O2/c1-3-5-10-17-12-9-14-20(24-15-6-4-2)22(17)25-21(26)16-18-11-7-8-13-19(18)23(25)27/h7-9,11-14,17,22,24H,3-6,10,15-16H2,1-2H3. The average Bonchev–Trinajstić information content (AvgIpc) is 2.68. The molecule has 2 amide bonds. The van der Waals surface area contributed by atoms with E-state index in [2.05, 4.69) is 31.3 Å². The number of unbranched alkanes of at least 4 members (excludes halogenated alkanes) is 2. The van der Waals surface area contributed by atoms with Gasteiger partial charge >= 0.3 is 0 Å². The van der Waals surface area contributed by atoms with E-state index in [-0.39, 0.29) is 23.8 Å². The Hall–Kier alpha value is -2.36. The molecule has 0 bridgehead atoms. The average molecular weight is 367 g/mol. The molecule has 0 fully saturated rings. The lowest BCUT2D eigenvalue weighted by molar-refractivity contribution is -0.130. The van der Waals surface area contributed by atoms with Crippen LogP contribution in [0.15, 0.2) is 48.2 Å². The zero-order valence-electron chi connectivity index (χ0n) is 16.4. The van der Waals surface area contributed by atoms with Crippen LogP contribution >= 0.6 is 0 Å². The fourth-order valence-corrected chi connectivity index (χ4v) is 3.99. The molecule has 1 aromatic carbocycles. The molecule has 0 radical (unpaired) electrons. The zero-order chi connectivity index (χ0) is 19.2. The highest BCUT2D eigenvalue weighted by atomic mass is 16.2. The number of benzene rings is 1. The van der Waals surface area contributed by atoms with Gasteiger partial charge < -0.3 is 5.32 Å². The first kappa shape index (κ1) is 19.4. The van der Waals surface area contributed by atoms with Crippen LogP contribution in [-0.4, -0.2) is 29.3 Å². The first-order chi connectivity index (χ1) is 13.2. The summed E-state index contributed by atoms with van der Waals surface area (Å²) in [6.07, 6.45) is 11.9. The van der Waals surface area contributed by atoms with Gasteiger partial charge in [-0.05, 0) is 30.5 Å². The molecule has 1 aliphatic heterocycles. The Morgan fingerprint density at radius 2 is 1.89 bits per heavy atom. The van der Waals surface area contributed by atoms with Crippen molar-refractivity contribution in [3.05, 3.63) is 59.3 Å². The van der Waals surface area contributed by atoms with Gasteiger partial charge in [0.1, 0.15) is 0 Å². The summed E-state index contributed by atoms with van der Waals surface area (Å²) in [5.74, 6) is -0.0900. The van der Waals surface area contributed by atoms with Crippen LogP contribution in [0.4, 0.5) is 0 Å². The fourth-order valence-electron chi connectivity index (χ4n) is 3.99. The van der Waals surface area contributed by atoms with Crippen molar-refractivity contribution in [2.75, 3.05) is 6.54 Å². The van der Waals surface area contributed by atoms with Crippen LogP contribution in [0, 0.1) is 5.92 Å². The third-order valence-corrected chi connectivity index (χ3v) is 5.46. The van der Waals surface area contributed by atoms with Gasteiger partial charge in [0.2, 0.25) is 5.91 Å². The van der Waals surface area contributed by atoms with Crippen molar-refractivity contribution < 1.29 is 9.59 Å². The summed E-state index contributed by atoms with van der Waals surface area (Å²) in [4.78, 5) is 27.8. The van der Waals surface area contributed by atoms with E-state index in [4.69, 9.17) is 0 Å². The normalized spacial score (nSPS) is 21.9. The lowest BCUT2D eigenvalue weighted by atomic mass is 9.84. The van der Waals surface area contributed by atoms with Crippen molar-refractivity contribution in [2.45, 2.75) is 58.4 Å². The van der Waals surface area contributed by atoms with E-state index >= 15 is 0 Å². The fraction of sp³-hybridized carbons (Fsp3) is 0.478. The molecule has 1 aromatic rings. The van der Waals surface area contributed by atoms with E-state index in [1.165, 1.54) is 4.90 Å². The minimum Gasteiger partial charge on any atom is -0.387 e. The number of nitrogens with zero attached hydrogens (tertiary/aromatic N) is 1. The van der Waals surface area contributed by atoms with E-state index in [9.17, 15) is 9.59 Å². The van der Waals surface area contributed by atoms with Crippen LogP contribution in [0.3, 0.4) is 0 Å². The molecular formula is C23H30N2O2. The minimum atomic E-state index is -0.230. The third kappa shape index (κ3) is 4.15. The van der Waals surface area contributed by atoms with Gasteiger partial charge in [-0.25, -0.2) is 0 Å². The number of carbonyl (C=O) groups excluding carboxylic acids is 2. The highest BCUT2D eigenvalue weighted by molar-refractivity contribution is 6.10. The number of allylic oxidation sites excluding steroid dienone is 2. The van der Waals surface area contributed by atoms with Crippen molar-refractivity contribution in [3.8, 4) is 0 Å². The maximum atomic E-state index is 13.2. The van der Waals surface area contributed by atoms with Crippen LogP contribution in [0.25, 0.3) is 0 Å². The number of fused-ring (bicyclic) bond motifs is 1. The van der Waals surface area contributed by atoms with E-state index in [1.54, 1.807) is 0 Å². The van der Waals surface area contributed by atoms with Gasteiger partial charge in [0, 0.05) is 23.7 Å². The molecule has 27 heavy (non-hydrogen) atoms. The van der Waals surface area contributed by atoms with Crippen molar-refractivity contribution in [3.63, 3.8) is 0 Å². The second-order valence-electron chi connectivity index (χ2n) is 7.44. The molecule has 2 atom stereocenters. The van der Waals surface area contributed by atoms with Crippen LogP contribution in [-0.2, 0) is 11.2 Å². The Balaban J connectivity index is 1.92. The molecule has 0 saturated heterocycles. The first-order valence-electron chi connectivity index (χ1n) is 10.2. The van der Waals surface area contributed by atoms with Gasteiger partial charge in [-0.3, -0.25) is 14.5 Å². The summed E-state index contributed by atoms with van der Waals surface area (Å²) in [6.45, 7) is 5.19. The number of hydrogen-bond acceptors (Lipinski definition) is 3. The van der Waals surface area contributed by atoms with Crippen LogP contribution in [0.5, 0.6) is 0 Å². The van der Waals surface area contributed by atoms with E-state index in [0.29, 0.717) is 12.0 Å². The second-order valence-corrected chi connectivity index (χ2v) is 7.44. The number of hydrogen-bond donors (Lipinski definition) is 1. The maximum absolute atomic E-state index is 13.2. The molecule has 3 rings (SSSR count). The molecule has 0 saturated carbocycles. The second kappa shape index (κ2) is 9.03. The maximum Gasteiger partial charge on any atom is 0.261 e. The molecule has 0 aromatic heterocycles. The molecule has 1 heterocycles. The Bertz CT molecular complexity index is 751. The van der Waals surface area contributed by atoms with Crippen LogP contribution in [0.1, 0.15) is 61.9 Å². The summed E-state index contributed by atoms with van der Waals surface area (Å²) < 4.78 is 0. The van der Waals surface area contributed by atoms with E-state index < -0.39 is 0 Å². The van der Waals surface area contributed by atoms with E-state index in [0.717, 1.165) is 49.9 Å². The highest BCUT2D eigenvalue weighted by Gasteiger charge is 2.41. The summed E-state index contributed by atoms with van der Waals surface area (Å²) in [5, 5.41) is 3.51. The molecule has 2 unspecified atom stereocenters. The Morgan fingerprint density at radius 1 is 1.11 bits per heavy atom. The molecule has 0 spiro atoms. The lowest BCUT2D eigenvalue weighted by Gasteiger charge is -2.40. The Labute approximate surface area is 162 Å². The first-order valence-corrected chi connectivity index (χ1v) is 10.2. The minimum absolute atomic E-state index is 0.0938. The number of nitrogens with one attached hydrogen (secondary N) is 1. The molecule has 2 aliphatic rings. The van der Waals surface area contributed by atoms with Gasteiger partial charge in [-0.15, -0.1) is 0 Å². The molecule has 4 heteroatoms. The highest BCUT2D eigenvalue weighted by Crippen LogP contribution is 2.32. The monoisotopic (exact) mass is 366 g/mol. The SMILES string of the molecule is CCCCNC1=CC=CC(CCCC)C1N1C(=O)Cc2ccccc2C1=O. The predicted molar refractivity (Wildman–Crippen MR) is 108 cm³/mol. The van der Waals surface area contributed by atoms with Crippen molar-refractivity contribution in [1.82, 2.24) is 10.2 Å². The lowest BCUT2D eigenvalue weighted by Crippen LogP contribution is -2.54. The van der Waals surface area contributed by atoms with Gasteiger partial charge in [0.15, 0.2) is 0 Å². The number of rotatable bonds is 8. The summed E-state index contributed by atoms with van der Waals surface area (Å²) >= 11 is 0. The van der Waals surface area contributed by atoms with Crippen LogP contribution < -0.4 is 5.32 Å². The van der Waals surface area contributed by atoms with Gasteiger partial charge in [0.05, 0.1) is 12.5 Å². The topological polar surface area (TPSA) is 49.4 Å².